The molecule has 5 nitrogen and oxygen atoms in total. The van der Waals surface area contributed by atoms with Gasteiger partial charge in [-0.2, -0.15) is 0 Å². The number of aromatic nitrogens is 1. The van der Waals surface area contributed by atoms with E-state index in [1.54, 1.807) is 0 Å². The molecule has 1 aromatic heterocycles. The number of nitrogens with zero attached hydrogens (tertiary/aromatic N) is 1. The molecule has 2 bridgehead atoms. The normalized spacial score (nSPS) is 34.0. The van der Waals surface area contributed by atoms with Crippen LogP contribution in [0.1, 0.15) is 62.8 Å². The van der Waals surface area contributed by atoms with E-state index in [1.807, 2.05) is 0 Å². The Labute approximate surface area is 158 Å². The zero-order chi connectivity index (χ0) is 17.6. The summed E-state index contributed by atoms with van der Waals surface area (Å²) >= 11 is 0. The molecule has 1 aliphatic heterocycles. The average Bonchev–Trinajstić information content (AvgIpc) is 2.69. The SMILES string of the molecule is c1cc2nc(c1)CNC1CCCC[C@H]1NCCN[C@@H]1CCCCC1NC2. The molecule has 2 fully saturated rings. The quantitative estimate of drug-likeness (QED) is 0.573. The van der Waals surface area contributed by atoms with Crippen LogP contribution in [0.5, 0.6) is 0 Å². The minimum Gasteiger partial charge on any atom is -0.311 e. The van der Waals surface area contributed by atoms with Gasteiger partial charge in [0.2, 0.25) is 0 Å². The molecule has 0 aromatic carbocycles. The van der Waals surface area contributed by atoms with Gasteiger partial charge >= 0.3 is 0 Å². The molecule has 144 valence electrons. The van der Waals surface area contributed by atoms with E-state index in [9.17, 15) is 0 Å². The van der Waals surface area contributed by atoms with Crippen LogP contribution in [0, 0.1) is 0 Å². The summed E-state index contributed by atoms with van der Waals surface area (Å²) < 4.78 is 0. The third kappa shape index (κ3) is 4.83. The molecular weight excluding hydrogens is 322 g/mol. The minimum absolute atomic E-state index is 0.569. The van der Waals surface area contributed by atoms with Crippen molar-refractivity contribution < 1.29 is 0 Å². The van der Waals surface area contributed by atoms with Crippen LogP contribution in [-0.4, -0.2) is 42.2 Å². The topological polar surface area (TPSA) is 61.0 Å². The molecule has 5 heteroatoms. The first kappa shape index (κ1) is 18.4. The molecule has 2 aliphatic carbocycles. The van der Waals surface area contributed by atoms with E-state index in [-0.39, 0.29) is 0 Å². The van der Waals surface area contributed by atoms with E-state index in [0.29, 0.717) is 24.2 Å². The Balaban J connectivity index is 1.47. The molecule has 0 spiro atoms. The number of hydrogen-bond acceptors (Lipinski definition) is 5. The highest BCUT2D eigenvalue weighted by atomic mass is 15.1. The first-order chi connectivity index (χ1) is 12.9. The Kier molecular flexibility index (Phi) is 6.54. The summed E-state index contributed by atoms with van der Waals surface area (Å²) in [6, 6.07) is 8.81. The van der Waals surface area contributed by atoms with Crippen LogP contribution >= 0.6 is 0 Å². The summed E-state index contributed by atoms with van der Waals surface area (Å²) in [4.78, 5) is 4.89. The Hall–Kier alpha value is -1.01. The standard InChI is InChI=1S/C21H35N5/c1-3-10-20-18(8-1)22-12-13-23-19-9-2-4-11-21(19)25-15-17-7-5-6-16(26-17)14-24-20/h5-7,18-25H,1-4,8-15H2/t18-,19-,20?,21?/m1/s1. The van der Waals surface area contributed by atoms with Gasteiger partial charge in [0, 0.05) is 50.3 Å². The number of rotatable bonds is 0. The van der Waals surface area contributed by atoms with Crippen LogP contribution in [0.4, 0.5) is 0 Å². The van der Waals surface area contributed by atoms with E-state index in [0.717, 1.165) is 26.2 Å². The molecule has 4 atom stereocenters. The van der Waals surface area contributed by atoms with Crippen LogP contribution in [-0.2, 0) is 13.1 Å². The van der Waals surface area contributed by atoms with Crippen LogP contribution in [0.15, 0.2) is 18.2 Å². The summed E-state index contributed by atoms with van der Waals surface area (Å²) in [5.74, 6) is 0. The molecule has 2 unspecified atom stereocenters. The third-order valence-corrected chi connectivity index (χ3v) is 6.43. The lowest BCUT2D eigenvalue weighted by atomic mass is 9.89. The van der Waals surface area contributed by atoms with Gasteiger partial charge in [-0.05, 0) is 37.8 Å². The monoisotopic (exact) mass is 357 g/mol. The highest BCUT2D eigenvalue weighted by molar-refractivity contribution is 5.12. The lowest BCUT2D eigenvalue weighted by Gasteiger charge is -2.34. The number of hydrogen-bond donors (Lipinski definition) is 4. The smallest absolute Gasteiger partial charge is 0.0545 e. The summed E-state index contributed by atoms with van der Waals surface area (Å²) in [6.45, 7) is 3.89. The van der Waals surface area contributed by atoms with Crippen molar-refractivity contribution in [2.24, 2.45) is 0 Å². The van der Waals surface area contributed by atoms with Gasteiger partial charge in [0.15, 0.2) is 0 Å². The maximum absolute atomic E-state index is 4.89. The molecule has 4 rings (SSSR count). The number of pyridine rings is 1. The predicted octanol–water partition coefficient (Wildman–Crippen LogP) is 2.08. The number of nitrogens with one attached hydrogen (secondary N) is 4. The molecule has 0 saturated heterocycles. The van der Waals surface area contributed by atoms with Gasteiger partial charge < -0.3 is 21.3 Å². The van der Waals surface area contributed by atoms with Gasteiger partial charge in [-0.3, -0.25) is 4.98 Å². The van der Waals surface area contributed by atoms with Crippen molar-refractivity contribution in [3.8, 4) is 0 Å². The van der Waals surface area contributed by atoms with Crippen molar-refractivity contribution in [3.63, 3.8) is 0 Å². The minimum atomic E-state index is 0.569. The molecule has 26 heavy (non-hydrogen) atoms. The molecule has 3 aliphatic rings. The van der Waals surface area contributed by atoms with E-state index in [4.69, 9.17) is 4.98 Å². The maximum atomic E-state index is 4.89. The third-order valence-electron chi connectivity index (χ3n) is 6.43. The van der Waals surface area contributed by atoms with Crippen LogP contribution in [0.25, 0.3) is 0 Å². The van der Waals surface area contributed by atoms with Crippen molar-refractivity contribution in [1.82, 2.24) is 26.3 Å². The van der Waals surface area contributed by atoms with E-state index in [1.165, 1.54) is 62.8 Å². The molecule has 0 amide bonds. The first-order valence-corrected chi connectivity index (χ1v) is 10.8. The Morgan fingerprint density at radius 2 is 1.04 bits per heavy atom. The molecule has 2 heterocycles. The van der Waals surface area contributed by atoms with Crippen LogP contribution in [0.3, 0.4) is 0 Å². The van der Waals surface area contributed by atoms with Crippen molar-refractivity contribution in [2.45, 2.75) is 88.6 Å². The van der Waals surface area contributed by atoms with Crippen molar-refractivity contribution in [3.05, 3.63) is 29.6 Å². The van der Waals surface area contributed by atoms with Gasteiger partial charge in [0.1, 0.15) is 0 Å². The van der Waals surface area contributed by atoms with Gasteiger partial charge in [0.25, 0.3) is 0 Å². The Bertz CT molecular complexity index is 518. The van der Waals surface area contributed by atoms with Crippen LogP contribution < -0.4 is 21.3 Å². The molecule has 2 saturated carbocycles. The Morgan fingerprint density at radius 3 is 1.50 bits per heavy atom. The van der Waals surface area contributed by atoms with Gasteiger partial charge in [-0.25, -0.2) is 0 Å². The zero-order valence-corrected chi connectivity index (χ0v) is 16.0. The molecule has 1 aromatic rings. The second-order valence-corrected chi connectivity index (χ2v) is 8.29. The summed E-state index contributed by atoms with van der Waals surface area (Å²) in [5, 5.41) is 15.2. The Morgan fingerprint density at radius 1 is 0.615 bits per heavy atom. The predicted molar refractivity (Wildman–Crippen MR) is 106 cm³/mol. The second kappa shape index (κ2) is 9.27. The fourth-order valence-electron chi connectivity index (χ4n) is 4.95. The highest BCUT2D eigenvalue weighted by Crippen LogP contribution is 2.20. The van der Waals surface area contributed by atoms with Crippen molar-refractivity contribution in [2.75, 3.05) is 13.1 Å². The summed E-state index contributed by atoms with van der Waals surface area (Å²) in [6.07, 6.45) is 10.5. The van der Waals surface area contributed by atoms with Gasteiger partial charge in [-0.1, -0.05) is 31.7 Å². The van der Waals surface area contributed by atoms with Gasteiger partial charge in [0.05, 0.1) is 11.4 Å². The summed E-state index contributed by atoms with van der Waals surface area (Å²) in [5.41, 5.74) is 2.34. The molecule has 4 N–H and O–H groups in total. The lowest BCUT2D eigenvalue weighted by molar-refractivity contribution is 0.266. The van der Waals surface area contributed by atoms with E-state index >= 15 is 0 Å². The van der Waals surface area contributed by atoms with E-state index in [2.05, 4.69) is 39.5 Å². The maximum Gasteiger partial charge on any atom is 0.0545 e. The summed E-state index contributed by atoms with van der Waals surface area (Å²) in [7, 11) is 0. The van der Waals surface area contributed by atoms with Crippen LogP contribution in [0.2, 0.25) is 0 Å². The van der Waals surface area contributed by atoms with Crippen molar-refractivity contribution >= 4 is 0 Å². The number of fused-ring (bicyclic) bond motifs is 4. The zero-order valence-electron chi connectivity index (χ0n) is 16.0. The fraction of sp³-hybridized carbons (Fsp3) is 0.762. The lowest BCUT2D eigenvalue weighted by Crippen LogP contribution is -2.53. The second-order valence-electron chi connectivity index (χ2n) is 8.29. The molecular formula is C21H35N5. The largest absolute Gasteiger partial charge is 0.311 e. The fourth-order valence-corrected chi connectivity index (χ4v) is 4.95. The first-order valence-electron chi connectivity index (χ1n) is 10.8. The molecule has 0 radical (unpaired) electrons. The van der Waals surface area contributed by atoms with Gasteiger partial charge in [-0.15, -0.1) is 0 Å². The van der Waals surface area contributed by atoms with E-state index < -0.39 is 0 Å². The average molecular weight is 358 g/mol. The van der Waals surface area contributed by atoms with Crippen molar-refractivity contribution in [1.29, 1.82) is 0 Å². The highest BCUT2D eigenvalue weighted by Gasteiger charge is 2.26.